The van der Waals surface area contributed by atoms with Crippen molar-refractivity contribution in [3.8, 4) is 0 Å². The van der Waals surface area contributed by atoms with Gasteiger partial charge in [0, 0.05) is 11.1 Å². The minimum Gasteiger partial charge on any atom is -0.465 e. The molecule has 30 heavy (non-hydrogen) atoms. The zero-order valence-electron chi connectivity index (χ0n) is 16.9. The molecule has 0 heterocycles. The Hall–Kier alpha value is -3.25. The first-order chi connectivity index (χ1) is 14.4. The van der Waals surface area contributed by atoms with Crippen molar-refractivity contribution in [1.82, 2.24) is 0 Å². The highest BCUT2D eigenvalue weighted by atomic mass is 32.2. The van der Waals surface area contributed by atoms with Gasteiger partial charge in [-0.05, 0) is 30.7 Å². The number of sulfone groups is 1. The molecule has 0 amide bonds. The van der Waals surface area contributed by atoms with E-state index < -0.39 is 9.84 Å². The van der Waals surface area contributed by atoms with E-state index in [1.807, 2.05) is 19.1 Å². The van der Waals surface area contributed by atoms with Crippen LogP contribution < -0.4 is 0 Å². The number of ether oxygens (including phenoxy) is 1. The topological polar surface area (TPSA) is 77.5 Å². The van der Waals surface area contributed by atoms with Crippen molar-refractivity contribution < 1.29 is 22.7 Å². The molecule has 0 bridgehead atoms. The van der Waals surface area contributed by atoms with Crippen LogP contribution in [0.15, 0.2) is 89.8 Å². The SMILES string of the molecule is CCCS(=O)(=O)c1cccc(C(=O)c2ccccc2)c1.COC(=O)c1ccccc1. The number of ketones is 1. The van der Waals surface area contributed by atoms with E-state index in [4.69, 9.17) is 0 Å². The molecular weight excluding hydrogens is 400 g/mol. The fourth-order valence-electron chi connectivity index (χ4n) is 2.67. The number of benzene rings is 3. The maximum absolute atomic E-state index is 12.3. The third-order valence-corrected chi connectivity index (χ3v) is 6.08. The lowest BCUT2D eigenvalue weighted by atomic mass is 10.0. The standard InChI is InChI=1S/C16H16O3S.C8H8O2/c1-2-11-20(18,19)15-10-6-9-14(12-15)16(17)13-7-4-3-5-8-13;1-10-8(9)7-5-3-2-4-6-7/h3-10,12H,2,11H2,1H3;2-6H,1H3. The zero-order chi connectivity index (χ0) is 22.0. The van der Waals surface area contributed by atoms with Gasteiger partial charge >= 0.3 is 5.97 Å². The molecule has 0 atom stereocenters. The summed E-state index contributed by atoms with van der Waals surface area (Å²) in [7, 11) is -1.93. The lowest BCUT2D eigenvalue weighted by Crippen LogP contribution is -2.08. The second kappa shape index (κ2) is 11.1. The van der Waals surface area contributed by atoms with Gasteiger partial charge in [0.15, 0.2) is 15.6 Å². The molecule has 0 fully saturated rings. The Labute approximate surface area is 177 Å². The Morgan fingerprint density at radius 3 is 1.83 bits per heavy atom. The molecule has 3 aromatic rings. The van der Waals surface area contributed by atoms with Crippen molar-refractivity contribution in [2.45, 2.75) is 18.2 Å². The van der Waals surface area contributed by atoms with Gasteiger partial charge in [-0.25, -0.2) is 13.2 Å². The average molecular weight is 425 g/mol. The van der Waals surface area contributed by atoms with E-state index in [1.54, 1.807) is 60.7 Å². The van der Waals surface area contributed by atoms with Gasteiger partial charge < -0.3 is 4.74 Å². The van der Waals surface area contributed by atoms with Gasteiger partial charge in [0.05, 0.1) is 23.3 Å². The molecule has 0 spiro atoms. The average Bonchev–Trinajstić information content (AvgIpc) is 2.79. The molecule has 6 heteroatoms. The Morgan fingerprint density at radius 1 is 0.767 bits per heavy atom. The highest BCUT2D eigenvalue weighted by Gasteiger charge is 2.16. The van der Waals surface area contributed by atoms with Crippen molar-refractivity contribution in [3.63, 3.8) is 0 Å². The van der Waals surface area contributed by atoms with Crippen LogP contribution in [0.4, 0.5) is 0 Å². The van der Waals surface area contributed by atoms with E-state index in [0.717, 1.165) is 0 Å². The van der Waals surface area contributed by atoms with Crippen LogP contribution in [0.2, 0.25) is 0 Å². The van der Waals surface area contributed by atoms with Gasteiger partial charge in [0.25, 0.3) is 0 Å². The van der Waals surface area contributed by atoms with E-state index in [-0.39, 0.29) is 22.4 Å². The summed E-state index contributed by atoms with van der Waals surface area (Å²) in [4.78, 5) is 23.3. The molecule has 0 saturated heterocycles. The number of carbonyl (C=O) groups is 2. The molecule has 5 nitrogen and oxygen atoms in total. The maximum Gasteiger partial charge on any atom is 0.337 e. The van der Waals surface area contributed by atoms with Crippen molar-refractivity contribution in [1.29, 1.82) is 0 Å². The summed E-state index contributed by atoms with van der Waals surface area (Å²) in [5.74, 6) is -0.365. The van der Waals surface area contributed by atoms with Crippen molar-refractivity contribution >= 4 is 21.6 Å². The number of methoxy groups -OCH3 is 1. The molecule has 0 aromatic heterocycles. The quantitative estimate of drug-likeness (QED) is 0.428. The minimum atomic E-state index is -3.30. The summed E-state index contributed by atoms with van der Waals surface area (Å²) >= 11 is 0. The second-order valence-corrected chi connectivity index (χ2v) is 8.51. The highest BCUT2D eigenvalue weighted by Crippen LogP contribution is 2.17. The third-order valence-electron chi connectivity index (χ3n) is 4.16. The van der Waals surface area contributed by atoms with Crippen LogP contribution in [-0.2, 0) is 14.6 Å². The molecule has 0 aliphatic rings. The maximum atomic E-state index is 12.3. The number of rotatable bonds is 6. The minimum absolute atomic E-state index is 0.0932. The van der Waals surface area contributed by atoms with Gasteiger partial charge in [-0.15, -0.1) is 0 Å². The van der Waals surface area contributed by atoms with Crippen LogP contribution >= 0.6 is 0 Å². The van der Waals surface area contributed by atoms with E-state index in [1.165, 1.54) is 19.2 Å². The smallest absolute Gasteiger partial charge is 0.337 e. The molecule has 156 valence electrons. The van der Waals surface area contributed by atoms with Crippen LogP contribution in [0.5, 0.6) is 0 Å². The number of hydrogen-bond donors (Lipinski definition) is 0. The highest BCUT2D eigenvalue weighted by molar-refractivity contribution is 7.91. The van der Waals surface area contributed by atoms with Crippen molar-refractivity contribution in [2.24, 2.45) is 0 Å². The van der Waals surface area contributed by atoms with Crippen LogP contribution in [0.1, 0.15) is 39.6 Å². The van der Waals surface area contributed by atoms with E-state index >= 15 is 0 Å². The van der Waals surface area contributed by atoms with Crippen molar-refractivity contribution in [2.75, 3.05) is 12.9 Å². The number of hydrogen-bond acceptors (Lipinski definition) is 5. The summed E-state index contributed by atoms with van der Waals surface area (Å²) in [6.07, 6.45) is 0.555. The van der Waals surface area contributed by atoms with Gasteiger partial charge in [0.2, 0.25) is 0 Å². The fraction of sp³-hybridized carbons (Fsp3) is 0.167. The fourth-order valence-corrected chi connectivity index (χ4v) is 4.03. The Kier molecular flexibility index (Phi) is 8.50. The third kappa shape index (κ3) is 6.39. The first-order valence-electron chi connectivity index (χ1n) is 9.45. The molecule has 3 aromatic carbocycles. The predicted octanol–water partition coefficient (Wildman–Crippen LogP) is 4.57. The molecule has 0 aliphatic heterocycles. The zero-order valence-corrected chi connectivity index (χ0v) is 17.8. The van der Waals surface area contributed by atoms with Gasteiger partial charge in [0.1, 0.15) is 0 Å². The molecule has 0 saturated carbocycles. The lowest BCUT2D eigenvalue weighted by Gasteiger charge is -2.05. The Bertz CT molecular complexity index is 1070. The first-order valence-corrected chi connectivity index (χ1v) is 11.1. The Balaban J connectivity index is 0.000000269. The number of carbonyl (C=O) groups excluding carboxylic acids is 2. The van der Waals surface area contributed by atoms with Gasteiger partial charge in [-0.1, -0.05) is 67.6 Å². The predicted molar refractivity (Wildman–Crippen MR) is 116 cm³/mol. The lowest BCUT2D eigenvalue weighted by molar-refractivity contribution is 0.0600. The molecule has 3 rings (SSSR count). The van der Waals surface area contributed by atoms with Crippen LogP contribution in [-0.4, -0.2) is 33.0 Å². The van der Waals surface area contributed by atoms with Crippen LogP contribution in [0, 0.1) is 0 Å². The molecule has 0 N–H and O–H groups in total. The molecular formula is C24H24O5S. The largest absolute Gasteiger partial charge is 0.465 e. The summed E-state index contributed by atoms with van der Waals surface area (Å²) in [5, 5.41) is 0. The van der Waals surface area contributed by atoms with Gasteiger partial charge in [-0.2, -0.15) is 0 Å². The number of esters is 1. The summed E-state index contributed by atoms with van der Waals surface area (Å²) in [6.45, 7) is 1.82. The van der Waals surface area contributed by atoms with Crippen LogP contribution in [0.25, 0.3) is 0 Å². The molecule has 0 aliphatic carbocycles. The second-order valence-electron chi connectivity index (χ2n) is 6.40. The first kappa shape index (κ1) is 23.0. The van der Waals surface area contributed by atoms with E-state index in [2.05, 4.69) is 4.74 Å². The summed E-state index contributed by atoms with van der Waals surface area (Å²) < 4.78 is 28.6. The Morgan fingerprint density at radius 2 is 1.30 bits per heavy atom. The normalized spacial score (nSPS) is 10.5. The van der Waals surface area contributed by atoms with Gasteiger partial charge in [-0.3, -0.25) is 4.79 Å². The molecule has 0 unspecified atom stereocenters. The summed E-state index contributed by atoms with van der Waals surface area (Å²) in [5.41, 5.74) is 1.54. The summed E-state index contributed by atoms with van der Waals surface area (Å²) in [6, 6.07) is 24.0. The van der Waals surface area contributed by atoms with Crippen molar-refractivity contribution in [3.05, 3.63) is 102 Å². The van der Waals surface area contributed by atoms with E-state index in [0.29, 0.717) is 23.1 Å². The van der Waals surface area contributed by atoms with E-state index in [9.17, 15) is 18.0 Å². The monoisotopic (exact) mass is 424 g/mol. The molecule has 0 radical (unpaired) electrons. The van der Waals surface area contributed by atoms with Crippen LogP contribution in [0.3, 0.4) is 0 Å².